The van der Waals surface area contributed by atoms with Crippen molar-refractivity contribution in [3.8, 4) is 0 Å². The Morgan fingerprint density at radius 3 is 2.65 bits per heavy atom. The van der Waals surface area contributed by atoms with Crippen LogP contribution in [0.15, 0.2) is 16.9 Å². The van der Waals surface area contributed by atoms with E-state index in [0.717, 1.165) is 10.4 Å². The number of hydrogen-bond acceptors (Lipinski definition) is 2. The van der Waals surface area contributed by atoms with Gasteiger partial charge in [0.1, 0.15) is 0 Å². The summed E-state index contributed by atoms with van der Waals surface area (Å²) in [4.78, 5) is 2.59. The zero-order valence-electron chi connectivity index (χ0n) is 10.2. The Labute approximate surface area is 111 Å². The van der Waals surface area contributed by atoms with Crippen LogP contribution in [0.3, 0.4) is 0 Å². The molecule has 94 valence electrons. The van der Waals surface area contributed by atoms with E-state index in [4.69, 9.17) is 0 Å². The number of aromatic nitrogens is 2. The van der Waals surface area contributed by atoms with Crippen molar-refractivity contribution in [3.05, 3.63) is 16.9 Å². The predicted octanol–water partition coefficient (Wildman–Crippen LogP) is 3.08. The van der Waals surface area contributed by atoms with Gasteiger partial charge in [0.15, 0.2) is 0 Å². The van der Waals surface area contributed by atoms with Crippen LogP contribution in [0.25, 0.3) is 0 Å². The zero-order chi connectivity index (χ0) is 11.7. The second-order valence-electron chi connectivity index (χ2n) is 5.51. The number of rotatable bonds is 3. The van der Waals surface area contributed by atoms with Gasteiger partial charge >= 0.3 is 0 Å². The van der Waals surface area contributed by atoms with Gasteiger partial charge in [-0.1, -0.05) is 19.3 Å². The monoisotopic (exact) mass is 297 g/mol. The van der Waals surface area contributed by atoms with E-state index in [2.05, 4.69) is 36.8 Å². The van der Waals surface area contributed by atoms with Gasteiger partial charge in [-0.25, -0.2) is 0 Å². The summed E-state index contributed by atoms with van der Waals surface area (Å²) >= 11 is 3.45. The average Bonchev–Trinajstić information content (AvgIpc) is 2.71. The quantitative estimate of drug-likeness (QED) is 0.855. The third-order valence-electron chi connectivity index (χ3n) is 4.12. The molecular weight excluding hydrogens is 278 g/mol. The average molecular weight is 298 g/mol. The summed E-state index contributed by atoms with van der Waals surface area (Å²) in [7, 11) is 0. The molecular formula is C13H20BrN3. The Morgan fingerprint density at radius 1 is 1.24 bits per heavy atom. The van der Waals surface area contributed by atoms with Gasteiger partial charge in [-0.3, -0.25) is 9.58 Å². The van der Waals surface area contributed by atoms with Crippen LogP contribution >= 0.6 is 15.9 Å². The second kappa shape index (κ2) is 5.11. The van der Waals surface area contributed by atoms with Gasteiger partial charge in [-0.05, 0) is 34.7 Å². The molecule has 3 nitrogen and oxygen atoms in total. The van der Waals surface area contributed by atoms with Gasteiger partial charge in [0, 0.05) is 25.8 Å². The van der Waals surface area contributed by atoms with Crippen LogP contribution in [0.5, 0.6) is 0 Å². The highest BCUT2D eigenvalue weighted by Crippen LogP contribution is 2.28. The zero-order valence-corrected chi connectivity index (χ0v) is 11.8. The fourth-order valence-electron chi connectivity index (χ4n) is 3.11. The lowest BCUT2D eigenvalue weighted by Gasteiger charge is -2.41. The molecule has 17 heavy (non-hydrogen) atoms. The van der Waals surface area contributed by atoms with E-state index < -0.39 is 0 Å². The first-order chi connectivity index (χ1) is 8.31. The third-order valence-corrected chi connectivity index (χ3v) is 4.53. The van der Waals surface area contributed by atoms with Crippen molar-refractivity contribution in [2.24, 2.45) is 5.92 Å². The highest BCUT2D eigenvalue weighted by atomic mass is 79.9. The van der Waals surface area contributed by atoms with Crippen molar-refractivity contribution < 1.29 is 0 Å². The van der Waals surface area contributed by atoms with Crippen molar-refractivity contribution in [1.82, 2.24) is 14.7 Å². The van der Waals surface area contributed by atoms with E-state index in [9.17, 15) is 0 Å². The Bertz CT molecular complexity index is 364. The first kappa shape index (κ1) is 11.7. The van der Waals surface area contributed by atoms with E-state index in [1.807, 2.05) is 6.20 Å². The molecule has 0 atom stereocenters. The minimum atomic E-state index is 0.602. The van der Waals surface area contributed by atoms with Gasteiger partial charge in [0.25, 0.3) is 0 Å². The van der Waals surface area contributed by atoms with Crippen LogP contribution in [0.1, 0.15) is 38.1 Å². The number of hydrogen-bond donors (Lipinski definition) is 0. The highest BCUT2D eigenvalue weighted by Gasteiger charge is 2.30. The molecule has 1 aliphatic carbocycles. The van der Waals surface area contributed by atoms with Gasteiger partial charge < -0.3 is 0 Å². The highest BCUT2D eigenvalue weighted by molar-refractivity contribution is 9.10. The van der Waals surface area contributed by atoms with E-state index in [-0.39, 0.29) is 0 Å². The lowest BCUT2D eigenvalue weighted by atomic mass is 9.88. The van der Waals surface area contributed by atoms with Crippen molar-refractivity contribution in [2.75, 3.05) is 19.6 Å². The smallest absolute Gasteiger partial charge is 0.0773 e. The molecule has 0 aromatic carbocycles. The first-order valence-electron chi connectivity index (χ1n) is 6.73. The van der Waals surface area contributed by atoms with Crippen LogP contribution in [-0.2, 0) is 0 Å². The summed E-state index contributed by atoms with van der Waals surface area (Å²) in [5.74, 6) is 0.967. The third kappa shape index (κ3) is 2.74. The Balaban J connectivity index is 1.45. The summed E-state index contributed by atoms with van der Waals surface area (Å²) in [6.07, 6.45) is 11.2. The standard InChI is InChI=1S/C13H20BrN3/c14-12-6-15-17(8-12)13-9-16(10-13)7-11-4-2-1-3-5-11/h6,8,11,13H,1-5,7,9-10H2. The molecule has 4 heteroatoms. The molecule has 3 rings (SSSR count). The first-order valence-corrected chi connectivity index (χ1v) is 7.52. The van der Waals surface area contributed by atoms with Gasteiger partial charge in [-0.2, -0.15) is 5.10 Å². The molecule has 0 unspecified atom stereocenters. The molecule has 2 heterocycles. The van der Waals surface area contributed by atoms with E-state index >= 15 is 0 Å². The second-order valence-corrected chi connectivity index (χ2v) is 6.43. The molecule has 1 aromatic heterocycles. The summed E-state index contributed by atoms with van der Waals surface area (Å²) in [5, 5.41) is 4.36. The number of nitrogens with zero attached hydrogens (tertiary/aromatic N) is 3. The van der Waals surface area contributed by atoms with Crippen molar-refractivity contribution in [3.63, 3.8) is 0 Å². The summed E-state index contributed by atoms with van der Waals surface area (Å²) in [6, 6.07) is 0.602. The van der Waals surface area contributed by atoms with E-state index in [1.54, 1.807) is 0 Å². The summed E-state index contributed by atoms with van der Waals surface area (Å²) in [5.41, 5.74) is 0. The topological polar surface area (TPSA) is 21.1 Å². The summed E-state index contributed by atoms with van der Waals surface area (Å²) in [6.45, 7) is 3.69. The number of halogens is 1. The Hall–Kier alpha value is -0.350. The van der Waals surface area contributed by atoms with Crippen LogP contribution in [-0.4, -0.2) is 34.3 Å². The molecule has 1 saturated heterocycles. The van der Waals surface area contributed by atoms with Crippen LogP contribution < -0.4 is 0 Å². The molecule has 0 bridgehead atoms. The SMILES string of the molecule is Brc1cnn(C2CN(CC3CCCCC3)C2)c1. The normalized spacial score (nSPS) is 23.8. The van der Waals surface area contributed by atoms with Crippen LogP contribution in [0.4, 0.5) is 0 Å². The molecule has 0 N–H and O–H groups in total. The molecule has 0 spiro atoms. The fraction of sp³-hybridized carbons (Fsp3) is 0.769. The van der Waals surface area contributed by atoms with E-state index in [0.29, 0.717) is 6.04 Å². The number of likely N-dealkylation sites (tertiary alicyclic amines) is 1. The maximum atomic E-state index is 4.36. The maximum Gasteiger partial charge on any atom is 0.0773 e. The van der Waals surface area contributed by atoms with E-state index in [1.165, 1.54) is 51.7 Å². The molecule has 1 aliphatic heterocycles. The predicted molar refractivity (Wildman–Crippen MR) is 72.0 cm³/mol. The Kier molecular flexibility index (Phi) is 3.52. The molecule has 2 fully saturated rings. The van der Waals surface area contributed by atoms with Crippen molar-refractivity contribution in [2.45, 2.75) is 38.1 Å². The van der Waals surface area contributed by atoms with Crippen molar-refractivity contribution in [1.29, 1.82) is 0 Å². The Morgan fingerprint density at radius 2 is 2.00 bits per heavy atom. The maximum absolute atomic E-state index is 4.36. The molecule has 1 saturated carbocycles. The van der Waals surface area contributed by atoms with Gasteiger partial charge in [0.2, 0.25) is 0 Å². The fourth-order valence-corrected chi connectivity index (χ4v) is 3.41. The largest absolute Gasteiger partial charge is 0.299 e. The van der Waals surface area contributed by atoms with Crippen molar-refractivity contribution >= 4 is 15.9 Å². The molecule has 2 aliphatic rings. The van der Waals surface area contributed by atoms with Crippen LogP contribution in [0, 0.1) is 5.92 Å². The minimum Gasteiger partial charge on any atom is -0.299 e. The van der Waals surface area contributed by atoms with Crippen LogP contribution in [0.2, 0.25) is 0 Å². The molecule has 0 amide bonds. The molecule has 1 aromatic rings. The lowest BCUT2D eigenvalue weighted by Crippen LogP contribution is -2.49. The van der Waals surface area contributed by atoms with Gasteiger partial charge in [0.05, 0.1) is 16.7 Å². The summed E-state index contributed by atoms with van der Waals surface area (Å²) < 4.78 is 3.18. The molecule has 0 radical (unpaired) electrons. The van der Waals surface area contributed by atoms with Gasteiger partial charge in [-0.15, -0.1) is 0 Å². The minimum absolute atomic E-state index is 0.602. The lowest BCUT2D eigenvalue weighted by molar-refractivity contribution is 0.0725.